The van der Waals surface area contributed by atoms with Crippen molar-refractivity contribution in [3.8, 4) is 5.75 Å². The number of fused-ring (bicyclic) bond motifs is 2. The number of aromatic hydroxyl groups is 1. The maximum Gasteiger partial charge on any atom is 0.251 e. The number of hydrogen-bond donors (Lipinski definition) is 3. The summed E-state index contributed by atoms with van der Waals surface area (Å²) >= 11 is 0. The average molecular weight is 319 g/mol. The quantitative estimate of drug-likeness (QED) is 0.680. The van der Waals surface area contributed by atoms with Crippen LogP contribution in [-0.2, 0) is 6.42 Å². The van der Waals surface area contributed by atoms with Gasteiger partial charge in [-0.1, -0.05) is 48.5 Å². The van der Waals surface area contributed by atoms with Gasteiger partial charge in [-0.15, -0.1) is 0 Å². The monoisotopic (exact) mass is 319 g/mol. The molecular weight excluding hydrogens is 302 g/mol. The molecule has 1 aliphatic carbocycles. The van der Waals surface area contributed by atoms with E-state index in [2.05, 4.69) is 5.32 Å². The third-order valence-corrected chi connectivity index (χ3v) is 4.61. The van der Waals surface area contributed by atoms with Crippen molar-refractivity contribution in [2.75, 3.05) is 0 Å². The third-order valence-electron chi connectivity index (χ3n) is 4.61. The van der Waals surface area contributed by atoms with Gasteiger partial charge in [-0.2, -0.15) is 0 Å². The van der Waals surface area contributed by atoms with E-state index in [0.29, 0.717) is 17.4 Å². The predicted molar refractivity (Wildman–Crippen MR) is 92.0 cm³/mol. The van der Waals surface area contributed by atoms with E-state index >= 15 is 0 Å². The Hall–Kier alpha value is -2.85. The first-order valence-corrected chi connectivity index (χ1v) is 7.92. The molecule has 0 fully saturated rings. The highest BCUT2D eigenvalue weighted by Crippen LogP contribution is 2.32. The van der Waals surface area contributed by atoms with Gasteiger partial charge in [0.1, 0.15) is 5.75 Å². The van der Waals surface area contributed by atoms with Gasteiger partial charge in [0.05, 0.1) is 12.1 Å². The van der Waals surface area contributed by atoms with E-state index in [0.717, 1.165) is 16.5 Å². The Bertz CT molecular complexity index is 935. The molecular formula is C20H17NO3. The van der Waals surface area contributed by atoms with E-state index < -0.39 is 6.10 Å². The van der Waals surface area contributed by atoms with Crippen molar-refractivity contribution in [1.82, 2.24) is 5.32 Å². The van der Waals surface area contributed by atoms with Crippen molar-refractivity contribution in [1.29, 1.82) is 0 Å². The number of carbonyl (C=O) groups excluding carboxylic acids is 1. The van der Waals surface area contributed by atoms with Crippen LogP contribution in [0.4, 0.5) is 0 Å². The predicted octanol–water partition coefficient (Wildman–Crippen LogP) is 2.93. The molecule has 0 saturated carbocycles. The lowest BCUT2D eigenvalue weighted by molar-refractivity contribution is 0.0858. The fraction of sp³-hybridized carbons (Fsp3) is 0.150. The van der Waals surface area contributed by atoms with Crippen LogP contribution in [0.1, 0.15) is 27.6 Å². The van der Waals surface area contributed by atoms with Crippen LogP contribution in [0, 0.1) is 0 Å². The highest BCUT2D eigenvalue weighted by molar-refractivity contribution is 6.00. The molecule has 0 spiro atoms. The van der Waals surface area contributed by atoms with Gasteiger partial charge in [0.15, 0.2) is 0 Å². The topological polar surface area (TPSA) is 69.6 Å². The fourth-order valence-electron chi connectivity index (χ4n) is 3.38. The standard InChI is InChI=1S/C20H17NO3/c22-18-11-14(9-12-5-1-3-7-15(12)18)20(24)21-17-10-13-6-2-4-8-16(13)19(17)23/h1-9,11,17,19,22-23H,10H2,(H,21,24)/t17-,19-/m0/s1. The molecule has 4 nitrogen and oxygen atoms in total. The number of hydrogen-bond acceptors (Lipinski definition) is 3. The van der Waals surface area contributed by atoms with Crippen molar-refractivity contribution < 1.29 is 15.0 Å². The van der Waals surface area contributed by atoms with Gasteiger partial charge in [0.25, 0.3) is 5.91 Å². The molecule has 0 unspecified atom stereocenters. The summed E-state index contributed by atoms with van der Waals surface area (Å²) in [4.78, 5) is 12.6. The van der Waals surface area contributed by atoms with Crippen LogP contribution in [0.2, 0.25) is 0 Å². The lowest BCUT2D eigenvalue weighted by atomic mass is 10.0. The highest BCUT2D eigenvalue weighted by atomic mass is 16.3. The Morgan fingerprint density at radius 2 is 1.79 bits per heavy atom. The summed E-state index contributed by atoms with van der Waals surface area (Å²) < 4.78 is 0. The molecule has 2 atom stereocenters. The van der Waals surface area contributed by atoms with Crippen molar-refractivity contribution in [2.45, 2.75) is 18.6 Å². The smallest absolute Gasteiger partial charge is 0.251 e. The van der Waals surface area contributed by atoms with Crippen LogP contribution in [-0.4, -0.2) is 22.2 Å². The lowest BCUT2D eigenvalue weighted by Gasteiger charge is -2.17. The first-order valence-electron chi connectivity index (χ1n) is 7.92. The second-order valence-corrected chi connectivity index (χ2v) is 6.14. The number of amides is 1. The van der Waals surface area contributed by atoms with E-state index in [4.69, 9.17) is 0 Å². The molecule has 3 aromatic rings. The second-order valence-electron chi connectivity index (χ2n) is 6.14. The summed E-state index contributed by atoms with van der Waals surface area (Å²) in [5, 5.41) is 24.9. The van der Waals surface area contributed by atoms with Gasteiger partial charge in [-0.25, -0.2) is 0 Å². The van der Waals surface area contributed by atoms with Crippen LogP contribution in [0.3, 0.4) is 0 Å². The van der Waals surface area contributed by atoms with Gasteiger partial charge >= 0.3 is 0 Å². The third kappa shape index (κ3) is 2.41. The number of nitrogens with one attached hydrogen (secondary N) is 1. The zero-order chi connectivity index (χ0) is 16.7. The summed E-state index contributed by atoms with van der Waals surface area (Å²) in [7, 11) is 0. The summed E-state index contributed by atoms with van der Waals surface area (Å²) in [6.07, 6.45) is -0.109. The van der Waals surface area contributed by atoms with Crippen LogP contribution >= 0.6 is 0 Å². The Morgan fingerprint density at radius 1 is 1.04 bits per heavy atom. The zero-order valence-electron chi connectivity index (χ0n) is 12.9. The number of phenols is 1. The Labute approximate surface area is 139 Å². The first-order chi connectivity index (χ1) is 11.6. The fourth-order valence-corrected chi connectivity index (χ4v) is 3.38. The molecule has 0 heterocycles. The molecule has 4 heteroatoms. The molecule has 0 aliphatic heterocycles. The molecule has 4 rings (SSSR count). The van der Waals surface area contributed by atoms with Crippen LogP contribution < -0.4 is 5.32 Å². The van der Waals surface area contributed by atoms with Crippen LogP contribution in [0.5, 0.6) is 5.75 Å². The van der Waals surface area contributed by atoms with Gasteiger partial charge in [-0.3, -0.25) is 4.79 Å². The molecule has 1 aliphatic rings. The van der Waals surface area contributed by atoms with Gasteiger partial charge in [0.2, 0.25) is 0 Å². The summed E-state index contributed by atoms with van der Waals surface area (Å²) in [6, 6.07) is 17.9. The maximum absolute atomic E-state index is 12.6. The Kier molecular flexibility index (Phi) is 3.47. The van der Waals surface area contributed by atoms with Gasteiger partial charge in [-0.05, 0) is 35.1 Å². The second kappa shape index (κ2) is 5.65. The van der Waals surface area contributed by atoms with Crippen molar-refractivity contribution >= 4 is 16.7 Å². The number of phenolic OH excluding ortho intramolecular Hbond substituents is 1. The van der Waals surface area contributed by atoms with Crippen LogP contribution in [0.15, 0.2) is 60.7 Å². The summed E-state index contributed by atoms with van der Waals surface area (Å²) in [6.45, 7) is 0. The Balaban J connectivity index is 1.59. The molecule has 0 radical (unpaired) electrons. The minimum Gasteiger partial charge on any atom is -0.507 e. The molecule has 1 amide bonds. The van der Waals surface area contributed by atoms with Gasteiger partial charge < -0.3 is 15.5 Å². The van der Waals surface area contributed by atoms with Gasteiger partial charge in [0, 0.05) is 10.9 Å². The molecule has 0 saturated heterocycles. The van der Waals surface area contributed by atoms with Crippen molar-refractivity contribution in [2.24, 2.45) is 0 Å². The van der Waals surface area contributed by atoms with Crippen molar-refractivity contribution in [3.63, 3.8) is 0 Å². The van der Waals surface area contributed by atoms with Crippen LogP contribution in [0.25, 0.3) is 10.8 Å². The largest absolute Gasteiger partial charge is 0.507 e. The molecule has 3 N–H and O–H groups in total. The van der Waals surface area contributed by atoms with E-state index in [9.17, 15) is 15.0 Å². The average Bonchev–Trinajstić information content (AvgIpc) is 2.91. The van der Waals surface area contributed by atoms with E-state index in [1.807, 2.05) is 48.5 Å². The normalized spacial score (nSPS) is 19.2. The highest BCUT2D eigenvalue weighted by Gasteiger charge is 2.31. The summed E-state index contributed by atoms with van der Waals surface area (Å²) in [5.41, 5.74) is 2.30. The molecule has 120 valence electrons. The maximum atomic E-state index is 12.6. The Morgan fingerprint density at radius 3 is 2.62 bits per heavy atom. The zero-order valence-corrected chi connectivity index (χ0v) is 12.9. The molecule has 3 aromatic carbocycles. The number of rotatable bonds is 2. The lowest BCUT2D eigenvalue weighted by Crippen LogP contribution is -2.37. The molecule has 0 bridgehead atoms. The summed E-state index contributed by atoms with van der Waals surface area (Å²) in [5.74, 6) is -0.221. The first kappa shape index (κ1) is 14.7. The number of carbonyl (C=O) groups is 1. The molecule has 24 heavy (non-hydrogen) atoms. The van der Waals surface area contributed by atoms with Crippen molar-refractivity contribution in [3.05, 3.63) is 77.4 Å². The number of aliphatic hydroxyl groups excluding tert-OH is 1. The van der Waals surface area contributed by atoms with E-state index in [1.54, 1.807) is 6.07 Å². The molecule has 0 aromatic heterocycles. The number of aliphatic hydroxyl groups is 1. The minimum atomic E-state index is -0.709. The van der Waals surface area contributed by atoms with E-state index in [1.165, 1.54) is 6.07 Å². The minimum absolute atomic E-state index is 0.0773. The van der Waals surface area contributed by atoms with E-state index in [-0.39, 0.29) is 17.7 Å². The number of benzene rings is 3. The SMILES string of the molecule is O=C(N[C@H]1Cc2ccccc2[C@@H]1O)c1cc(O)c2ccccc2c1.